The Labute approximate surface area is 85.1 Å². The van der Waals surface area contributed by atoms with Gasteiger partial charge in [-0.2, -0.15) is 13.2 Å². The van der Waals surface area contributed by atoms with E-state index in [0.717, 1.165) is 0 Å². The van der Waals surface area contributed by atoms with Gasteiger partial charge in [0, 0.05) is 6.42 Å². The minimum absolute atomic E-state index is 0.329. The van der Waals surface area contributed by atoms with Gasteiger partial charge in [-0.15, -0.1) is 0 Å². The second-order valence-electron chi connectivity index (χ2n) is 3.66. The highest BCUT2D eigenvalue weighted by molar-refractivity contribution is 5.76. The lowest BCUT2D eigenvalue weighted by Crippen LogP contribution is -2.42. The van der Waals surface area contributed by atoms with Crippen LogP contribution < -0.4 is 10.9 Å². The van der Waals surface area contributed by atoms with Crippen molar-refractivity contribution in [1.82, 2.24) is 10.9 Å². The molecule has 1 saturated heterocycles. The van der Waals surface area contributed by atoms with Crippen molar-refractivity contribution in [2.45, 2.75) is 44.6 Å². The van der Waals surface area contributed by atoms with Gasteiger partial charge >= 0.3 is 12.1 Å². The Hall–Kier alpha value is -0.820. The molecule has 1 heterocycles. The zero-order valence-electron chi connectivity index (χ0n) is 8.39. The smallest absolute Gasteiger partial charge is 0.405 e. The van der Waals surface area contributed by atoms with Crippen LogP contribution in [0.3, 0.4) is 0 Å². The number of hydrogen-bond donors (Lipinski definition) is 2. The lowest BCUT2D eigenvalue weighted by Gasteiger charge is -2.13. The highest BCUT2D eigenvalue weighted by Gasteiger charge is 2.46. The van der Waals surface area contributed by atoms with Crippen LogP contribution in [0.25, 0.3) is 0 Å². The van der Waals surface area contributed by atoms with E-state index >= 15 is 0 Å². The molecule has 0 spiro atoms. The predicted molar refractivity (Wildman–Crippen MR) is 45.7 cm³/mol. The van der Waals surface area contributed by atoms with Gasteiger partial charge in [-0.3, -0.25) is 4.79 Å². The third kappa shape index (κ3) is 3.35. The van der Waals surface area contributed by atoms with Crippen LogP contribution in [0.5, 0.6) is 0 Å². The molecule has 0 aromatic rings. The molecule has 0 aromatic heterocycles. The standard InChI is InChI=1S/C8H13F3N2O2/c1-4(2)15-7(14)5-3-6(13-12-5)8(9,10)11/h4-6,12-13H,3H2,1-2H3. The van der Waals surface area contributed by atoms with Crippen molar-refractivity contribution >= 4 is 5.97 Å². The third-order valence-corrected chi connectivity index (χ3v) is 1.93. The van der Waals surface area contributed by atoms with E-state index in [-0.39, 0.29) is 12.5 Å². The van der Waals surface area contributed by atoms with Gasteiger partial charge in [-0.25, -0.2) is 10.9 Å². The van der Waals surface area contributed by atoms with Crippen LogP contribution in [0.15, 0.2) is 0 Å². The fourth-order valence-corrected chi connectivity index (χ4v) is 1.24. The summed E-state index contributed by atoms with van der Waals surface area (Å²) in [6.07, 6.45) is -5.02. The SMILES string of the molecule is CC(C)OC(=O)C1CC(C(F)(F)F)NN1. The molecule has 2 N–H and O–H groups in total. The molecule has 1 aliphatic rings. The maximum atomic E-state index is 12.2. The molecule has 4 nitrogen and oxygen atoms in total. The summed E-state index contributed by atoms with van der Waals surface area (Å²) in [7, 11) is 0. The number of alkyl halides is 3. The molecule has 0 aromatic carbocycles. The number of carbonyl (C=O) groups is 1. The van der Waals surface area contributed by atoms with Crippen LogP contribution in [-0.4, -0.2) is 30.3 Å². The monoisotopic (exact) mass is 226 g/mol. The largest absolute Gasteiger partial charge is 0.462 e. The maximum absolute atomic E-state index is 12.2. The van der Waals surface area contributed by atoms with Crippen LogP contribution >= 0.6 is 0 Å². The van der Waals surface area contributed by atoms with Gasteiger partial charge in [-0.05, 0) is 13.8 Å². The Kier molecular flexibility index (Phi) is 3.56. The summed E-state index contributed by atoms with van der Waals surface area (Å²) in [6.45, 7) is 3.28. The van der Waals surface area contributed by atoms with Gasteiger partial charge < -0.3 is 4.74 Å². The molecule has 88 valence electrons. The third-order valence-electron chi connectivity index (χ3n) is 1.93. The molecule has 0 aliphatic carbocycles. The molecule has 2 atom stereocenters. The molecule has 0 saturated carbocycles. The average Bonchev–Trinajstić information content (AvgIpc) is 2.48. The molecule has 0 bridgehead atoms. The summed E-state index contributed by atoms with van der Waals surface area (Å²) >= 11 is 0. The van der Waals surface area contributed by atoms with Gasteiger partial charge in [0.2, 0.25) is 0 Å². The van der Waals surface area contributed by atoms with Gasteiger partial charge in [0.15, 0.2) is 0 Å². The lowest BCUT2D eigenvalue weighted by atomic mass is 10.1. The van der Waals surface area contributed by atoms with Crippen LogP contribution in [0.4, 0.5) is 13.2 Å². The number of hydrazine groups is 1. The quantitative estimate of drug-likeness (QED) is 0.682. The van der Waals surface area contributed by atoms with Crippen LogP contribution in [0, 0.1) is 0 Å². The van der Waals surface area contributed by atoms with E-state index in [9.17, 15) is 18.0 Å². The molecule has 7 heteroatoms. The second-order valence-corrected chi connectivity index (χ2v) is 3.66. The number of esters is 1. The first kappa shape index (κ1) is 12.3. The Balaban J connectivity index is 2.46. The number of nitrogens with one attached hydrogen (secondary N) is 2. The number of ether oxygens (including phenoxy) is 1. The normalized spacial score (nSPS) is 27.1. The van der Waals surface area contributed by atoms with Crippen molar-refractivity contribution in [3.8, 4) is 0 Å². The summed E-state index contributed by atoms with van der Waals surface area (Å²) in [5.74, 6) is -0.663. The molecule has 15 heavy (non-hydrogen) atoms. The van der Waals surface area contributed by atoms with Crippen LogP contribution in [-0.2, 0) is 9.53 Å². The Bertz CT molecular complexity index is 243. The number of hydrogen-bond acceptors (Lipinski definition) is 4. The minimum Gasteiger partial charge on any atom is -0.462 e. The van der Waals surface area contributed by atoms with Crippen LogP contribution in [0.2, 0.25) is 0 Å². The van der Waals surface area contributed by atoms with Crippen molar-refractivity contribution in [1.29, 1.82) is 0 Å². The van der Waals surface area contributed by atoms with E-state index in [1.165, 1.54) is 0 Å². The first-order valence-corrected chi connectivity index (χ1v) is 4.59. The average molecular weight is 226 g/mol. The number of halogens is 3. The van der Waals surface area contributed by atoms with E-state index in [1.54, 1.807) is 13.8 Å². The molecule has 1 fully saturated rings. The van der Waals surface area contributed by atoms with Crippen molar-refractivity contribution in [3.63, 3.8) is 0 Å². The van der Waals surface area contributed by atoms with Crippen molar-refractivity contribution < 1.29 is 22.7 Å². The number of carbonyl (C=O) groups excluding carboxylic acids is 1. The zero-order valence-corrected chi connectivity index (χ0v) is 8.39. The zero-order chi connectivity index (χ0) is 11.6. The first-order valence-electron chi connectivity index (χ1n) is 4.59. The lowest BCUT2D eigenvalue weighted by molar-refractivity contribution is -0.154. The first-order chi connectivity index (χ1) is 6.80. The number of rotatable bonds is 2. The Morgan fingerprint density at radius 1 is 1.40 bits per heavy atom. The summed E-state index contributed by atoms with van der Waals surface area (Å²) < 4.78 is 41.4. The second kappa shape index (κ2) is 4.36. The molecular formula is C8H13F3N2O2. The summed E-state index contributed by atoms with van der Waals surface area (Å²) in [5, 5.41) is 0. The van der Waals surface area contributed by atoms with E-state index in [4.69, 9.17) is 4.74 Å². The maximum Gasteiger partial charge on any atom is 0.405 e. The highest BCUT2D eigenvalue weighted by atomic mass is 19.4. The summed E-state index contributed by atoms with van der Waals surface area (Å²) in [4.78, 5) is 11.2. The van der Waals surface area contributed by atoms with E-state index in [0.29, 0.717) is 0 Å². The molecule has 1 aliphatic heterocycles. The van der Waals surface area contributed by atoms with Gasteiger partial charge in [0.05, 0.1) is 6.10 Å². The fourth-order valence-electron chi connectivity index (χ4n) is 1.24. The van der Waals surface area contributed by atoms with Gasteiger partial charge in [0.1, 0.15) is 12.1 Å². The molecular weight excluding hydrogens is 213 g/mol. The topological polar surface area (TPSA) is 50.4 Å². The Morgan fingerprint density at radius 2 is 2.00 bits per heavy atom. The molecule has 2 unspecified atom stereocenters. The van der Waals surface area contributed by atoms with E-state index in [1.807, 2.05) is 5.43 Å². The van der Waals surface area contributed by atoms with Crippen molar-refractivity contribution in [3.05, 3.63) is 0 Å². The molecule has 0 radical (unpaired) electrons. The molecule has 1 rings (SSSR count). The van der Waals surface area contributed by atoms with Crippen molar-refractivity contribution in [2.75, 3.05) is 0 Å². The molecule has 0 amide bonds. The fraction of sp³-hybridized carbons (Fsp3) is 0.875. The van der Waals surface area contributed by atoms with Gasteiger partial charge in [0.25, 0.3) is 0 Å². The van der Waals surface area contributed by atoms with E-state index < -0.39 is 24.2 Å². The van der Waals surface area contributed by atoms with Crippen LogP contribution in [0.1, 0.15) is 20.3 Å². The predicted octanol–water partition coefficient (Wildman–Crippen LogP) is 0.735. The minimum atomic E-state index is -4.35. The summed E-state index contributed by atoms with van der Waals surface area (Å²) in [6, 6.07) is -2.62. The van der Waals surface area contributed by atoms with E-state index in [2.05, 4.69) is 5.43 Å². The van der Waals surface area contributed by atoms with Crippen molar-refractivity contribution in [2.24, 2.45) is 0 Å². The van der Waals surface area contributed by atoms with Gasteiger partial charge in [-0.1, -0.05) is 0 Å². The highest BCUT2D eigenvalue weighted by Crippen LogP contribution is 2.25. The summed E-state index contributed by atoms with van der Waals surface area (Å²) in [5.41, 5.74) is 4.30. The Morgan fingerprint density at radius 3 is 2.40 bits per heavy atom.